The second-order valence-electron chi connectivity index (χ2n) is 4.58. The Hall–Kier alpha value is -2.82. The fourth-order valence-corrected chi connectivity index (χ4v) is 2.13. The topological polar surface area (TPSA) is 53.1 Å². The minimum absolute atomic E-state index is 0.304. The normalized spacial score (nSPS) is 10.6. The molecule has 0 aliphatic rings. The van der Waals surface area contributed by atoms with E-state index < -0.39 is 0 Å². The van der Waals surface area contributed by atoms with Crippen molar-refractivity contribution in [2.45, 2.75) is 0 Å². The fraction of sp³-hybridized carbons (Fsp3) is 0.0625. The Morgan fingerprint density at radius 2 is 1.90 bits per heavy atom. The van der Waals surface area contributed by atoms with E-state index in [4.69, 9.17) is 10.5 Å². The van der Waals surface area contributed by atoms with Gasteiger partial charge in [0.25, 0.3) is 0 Å². The number of rotatable bonds is 3. The van der Waals surface area contributed by atoms with Gasteiger partial charge in [-0.25, -0.2) is 9.07 Å². The number of benzene rings is 2. The predicted octanol–water partition coefficient (Wildman–Crippen LogP) is 3.27. The molecule has 0 aliphatic carbocycles. The van der Waals surface area contributed by atoms with Gasteiger partial charge in [-0.2, -0.15) is 5.10 Å². The highest BCUT2D eigenvalue weighted by atomic mass is 19.1. The van der Waals surface area contributed by atoms with E-state index in [-0.39, 0.29) is 5.82 Å². The van der Waals surface area contributed by atoms with Crippen LogP contribution in [0, 0.1) is 5.82 Å². The quantitative estimate of drug-likeness (QED) is 0.802. The SMILES string of the molecule is COc1cccc(-n2nc(-c3cccc(F)c3)cc2N)c1. The van der Waals surface area contributed by atoms with Gasteiger partial charge >= 0.3 is 0 Å². The highest BCUT2D eigenvalue weighted by Gasteiger charge is 2.10. The number of ether oxygens (including phenoxy) is 1. The van der Waals surface area contributed by atoms with Crippen LogP contribution in [-0.4, -0.2) is 16.9 Å². The van der Waals surface area contributed by atoms with Crippen molar-refractivity contribution in [3.8, 4) is 22.7 Å². The van der Waals surface area contributed by atoms with Gasteiger partial charge in [0.1, 0.15) is 17.4 Å². The molecule has 0 unspecified atom stereocenters. The van der Waals surface area contributed by atoms with Gasteiger partial charge < -0.3 is 10.5 Å². The van der Waals surface area contributed by atoms with Gasteiger partial charge in [0, 0.05) is 17.7 Å². The first-order chi connectivity index (χ1) is 10.2. The van der Waals surface area contributed by atoms with E-state index in [9.17, 15) is 4.39 Å². The minimum atomic E-state index is -0.304. The molecule has 0 radical (unpaired) electrons. The Kier molecular flexibility index (Phi) is 3.31. The Balaban J connectivity index is 2.05. The van der Waals surface area contributed by atoms with Crippen LogP contribution in [0.15, 0.2) is 54.6 Å². The van der Waals surface area contributed by atoms with E-state index in [1.165, 1.54) is 12.1 Å². The largest absolute Gasteiger partial charge is 0.497 e. The lowest BCUT2D eigenvalue weighted by molar-refractivity contribution is 0.414. The molecule has 0 bridgehead atoms. The van der Waals surface area contributed by atoms with E-state index >= 15 is 0 Å². The number of anilines is 1. The van der Waals surface area contributed by atoms with Crippen molar-refractivity contribution in [2.24, 2.45) is 0 Å². The van der Waals surface area contributed by atoms with Gasteiger partial charge in [-0.3, -0.25) is 0 Å². The molecule has 5 heteroatoms. The standard InChI is InChI=1S/C16H14FN3O/c1-21-14-7-3-6-13(9-14)20-16(18)10-15(19-20)11-4-2-5-12(17)8-11/h2-10H,18H2,1H3. The molecule has 0 atom stereocenters. The molecule has 0 saturated heterocycles. The molecule has 0 fully saturated rings. The van der Waals surface area contributed by atoms with Crippen molar-refractivity contribution in [3.05, 3.63) is 60.4 Å². The van der Waals surface area contributed by atoms with Crippen LogP contribution in [0.5, 0.6) is 5.75 Å². The molecule has 1 heterocycles. The molecule has 3 aromatic rings. The minimum Gasteiger partial charge on any atom is -0.497 e. The molecule has 3 rings (SSSR count). The number of nitrogens with zero attached hydrogens (tertiary/aromatic N) is 2. The van der Waals surface area contributed by atoms with E-state index in [0.717, 1.165) is 11.4 Å². The fourth-order valence-electron chi connectivity index (χ4n) is 2.13. The first-order valence-corrected chi connectivity index (χ1v) is 6.43. The lowest BCUT2D eigenvalue weighted by atomic mass is 10.1. The Bertz CT molecular complexity index is 783. The third-order valence-electron chi connectivity index (χ3n) is 3.16. The number of nitrogen functional groups attached to an aromatic ring is 1. The zero-order valence-corrected chi connectivity index (χ0v) is 11.5. The molecule has 0 amide bonds. The van der Waals surface area contributed by atoms with Crippen LogP contribution in [-0.2, 0) is 0 Å². The van der Waals surface area contributed by atoms with Crippen molar-refractivity contribution in [3.63, 3.8) is 0 Å². The van der Waals surface area contributed by atoms with Crippen molar-refractivity contribution >= 4 is 5.82 Å². The van der Waals surface area contributed by atoms with E-state index in [0.29, 0.717) is 17.1 Å². The number of halogens is 1. The van der Waals surface area contributed by atoms with Gasteiger partial charge in [-0.05, 0) is 24.3 Å². The maximum absolute atomic E-state index is 13.3. The molecule has 0 aliphatic heterocycles. The lowest BCUT2D eigenvalue weighted by Gasteiger charge is -2.06. The predicted molar refractivity (Wildman–Crippen MR) is 79.9 cm³/mol. The summed E-state index contributed by atoms with van der Waals surface area (Å²) in [5.41, 5.74) is 8.10. The summed E-state index contributed by atoms with van der Waals surface area (Å²) in [4.78, 5) is 0. The Morgan fingerprint density at radius 3 is 2.67 bits per heavy atom. The number of aromatic nitrogens is 2. The molecule has 1 aromatic heterocycles. The lowest BCUT2D eigenvalue weighted by Crippen LogP contribution is -2.01. The number of nitrogens with two attached hydrogens (primary N) is 1. The monoisotopic (exact) mass is 283 g/mol. The second-order valence-corrected chi connectivity index (χ2v) is 4.58. The van der Waals surface area contributed by atoms with Crippen molar-refractivity contribution in [1.29, 1.82) is 0 Å². The molecule has 21 heavy (non-hydrogen) atoms. The van der Waals surface area contributed by atoms with Crippen LogP contribution in [0.1, 0.15) is 0 Å². The van der Waals surface area contributed by atoms with Gasteiger partial charge in [0.2, 0.25) is 0 Å². The van der Waals surface area contributed by atoms with Gasteiger partial charge in [-0.1, -0.05) is 18.2 Å². The highest BCUT2D eigenvalue weighted by molar-refractivity contribution is 5.63. The van der Waals surface area contributed by atoms with Gasteiger partial charge in [0.05, 0.1) is 18.5 Å². The molecule has 0 spiro atoms. The second kappa shape index (κ2) is 5.28. The maximum atomic E-state index is 13.3. The summed E-state index contributed by atoms with van der Waals surface area (Å²) in [5, 5.41) is 4.44. The van der Waals surface area contributed by atoms with Crippen molar-refractivity contribution in [1.82, 2.24) is 9.78 Å². The molecule has 106 valence electrons. The molecular formula is C16H14FN3O. The zero-order valence-electron chi connectivity index (χ0n) is 11.5. The Morgan fingerprint density at radius 1 is 1.10 bits per heavy atom. The number of methoxy groups -OCH3 is 1. The molecule has 0 saturated carbocycles. The molecule has 2 N–H and O–H groups in total. The molecule has 2 aromatic carbocycles. The van der Waals surface area contributed by atoms with Gasteiger partial charge in [0.15, 0.2) is 0 Å². The highest BCUT2D eigenvalue weighted by Crippen LogP contribution is 2.25. The van der Waals surface area contributed by atoms with Crippen LogP contribution >= 0.6 is 0 Å². The smallest absolute Gasteiger partial charge is 0.127 e. The molecule has 4 nitrogen and oxygen atoms in total. The third-order valence-corrected chi connectivity index (χ3v) is 3.16. The van der Waals surface area contributed by atoms with Crippen LogP contribution in [0.3, 0.4) is 0 Å². The van der Waals surface area contributed by atoms with E-state index in [1.54, 1.807) is 30.0 Å². The summed E-state index contributed by atoms with van der Waals surface area (Å²) in [5.74, 6) is 0.888. The van der Waals surface area contributed by atoms with E-state index in [1.807, 2.05) is 24.3 Å². The molecular weight excluding hydrogens is 269 g/mol. The van der Waals surface area contributed by atoms with Crippen molar-refractivity contribution < 1.29 is 9.13 Å². The first-order valence-electron chi connectivity index (χ1n) is 6.43. The van der Waals surface area contributed by atoms with Crippen LogP contribution in [0.25, 0.3) is 16.9 Å². The first kappa shape index (κ1) is 13.2. The number of hydrogen-bond acceptors (Lipinski definition) is 3. The van der Waals surface area contributed by atoms with Crippen LogP contribution < -0.4 is 10.5 Å². The average Bonchev–Trinajstić information content (AvgIpc) is 2.89. The van der Waals surface area contributed by atoms with Crippen LogP contribution in [0.4, 0.5) is 10.2 Å². The summed E-state index contributed by atoms with van der Waals surface area (Å²) >= 11 is 0. The summed E-state index contributed by atoms with van der Waals surface area (Å²) in [6.07, 6.45) is 0. The Labute approximate surface area is 121 Å². The van der Waals surface area contributed by atoms with Gasteiger partial charge in [-0.15, -0.1) is 0 Å². The number of hydrogen-bond donors (Lipinski definition) is 1. The average molecular weight is 283 g/mol. The maximum Gasteiger partial charge on any atom is 0.127 e. The summed E-state index contributed by atoms with van der Waals surface area (Å²) in [7, 11) is 1.60. The summed E-state index contributed by atoms with van der Waals surface area (Å²) in [6, 6.07) is 15.4. The van der Waals surface area contributed by atoms with Crippen LogP contribution in [0.2, 0.25) is 0 Å². The zero-order chi connectivity index (χ0) is 14.8. The van der Waals surface area contributed by atoms with Crippen molar-refractivity contribution in [2.75, 3.05) is 12.8 Å². The summed E-state index contributed by atoms with van der Waals surface area (Å²) in [6.45, 7) is 0. The summed E-state index contributed by atoms with van der Waals surface area (Å²) < 4.78 is 20.1. The third kappa shape index (κ3) is 2.58. The van der Waals surface area contributed by atoms with E-state index in [2.05, 4.69) is 5.10 Å².